The number of primary amides is 1. The molecular formula is C18H18F3N5O2. The summed E-state index contributed by atoms with van der Waals surface area (Å²) in [5.74, 6) is -1.15. The molecule has 28 heavy (non-hydrogen) atoms. The zero-order valence-corrected chi connectivity index (χ0v) is 14.6. The van der Waals surface area contributed by atoms with E-state index < -0.39 is 29.7 Å². The average Bonchev–Trinajstić information content (AvgIpc) is 3.05. The Morgan fingerprint density at radius 2 is 2.00 bits per heavy atom. The molecule has 1 aromatic heterocycles. The molecule has 10 heteroatoms. The summed E-state index contributed by atoms with van der Waals surface area (Å²) in [7, 11) is 0. The van der Waals surface area contributed by atoms with E-state index in [0.717, 1.165) is 12.1 Å². The lowest BCUT2D eigenvalue weighted by Gasteiger charge is -2.30. The first-order chi connectivity index (χ1) is 13.2. The van der Waals surface area contributed by atoms with Gasteiger partial charge < -0.3 is 16.2 Å². The van der Waals surface area contributed by atoms with Gasteiger partial charge in [-0.25, -0.2) is 0 Å². The number of aliphatic hydroxyl groups is 1. The van der Waals surface area contributed by atoms with Gasteiger partial charge in [0, 0.05) is 11.9 Å². The molecule has 148 valence electrons. The molecule has 3 atom stereocenters. The summed E-state index contributed by atoms with van der Waals surface area (Å²) in [6, 6.07) is 6.08. The van der Waals surface area contributed by atoms with Crippen LogP contribution < -0.4 is 11.1 Å². The van der Waals surface area contributed by atoms with E-state index in [-0.39, 0.29) is 17.4 Å². The van der Waals surface area contributed by atoms with E-state index >= 15 is 0 Å². The van der Waals surface area contributed by atoms with Crippen LogP contribution in [0.4, 0.5) is 24.7 Å². The fourth-order valence-electron chi connectivity index (χ4n) is 3.30. The molecule has 0 bridgehead atoms. The molecular weight excluding hydrogens is 375 g/mol. The van der Waals surface area contributed by atoms with Gasteiger partial charge in [-0.2, -0.15) is 23.5 Å². The molecule has 0 saturated heterocycles. The van der Waals surface area contributed by atoms with Crippen molar-refractivity contribution in [1.29, 1.82) is 5.26 Å². The topological polar surface area (TPSA) is 117 Å². The number of carbonyl (C=O) groups is 1. The van der Waals surface area contributed by atoms with Crippen LogP contribution in [-0.2, 0) is 6.18 Å². The Labute approximate surface area is 158 Å². The number of hydrogen-bond acceptors (Lipinski definition) is 5. The van der Waals surface area contributed by atoms with Crippen molar-refractivity contribution < 1.29 is 23.1 Å². The first-order valence-electron chi connectivity index (χ1n) is 8.60. The molecule has 0 spiro atoms. The van der Waals surface area contributed by atoms with Crippen molar-refractivity contribution in [2.75, 3.05) is 5.32 Å². The van der Waals surface area contributed by atoms with Crippen molar-refractivity contribution in [3.63, 3.8) is 0 Å². The monoisotopic (exact) mass is 393 g/mol. The molecule has 1 amide bonds. The van der Waals surface area contributed by atoms with E-state index in [0.29, 0.717) is 24.9 Å². The van der Waals surface area contributed by atoms with Gasteiger partial charge in [0.1, 0.15) is 5.56 Å². The lowest BCUT2D eigenvalue weighted by molar-refractivity contribution is -0.137. The van der Waals surface area contributed by atoms with Gasteiger partial charge in [0.2, 0.25) is 0 Å². The summed E-state index contributed by atoms with van der Waals surface area (Å²) < 4.78 is 39.5. The minimum Gasteiger partial charge on any atom is -0.393 e. The van der Waals surface area contributed by atoms with Gasteiger partial charge in [0.25, 0.3) is 5.91 Å². The maximum atomic E-state index is 12.7. The number of nitrogens with zero attached hydrogens (tertiary/aromatic N) is 3. The second kappa shape index (κ2) is 7.52. The summed E-state index contributed by atoms with van der Waals surface area (Å²) in [5, 5.41) is 26.2. The Morgan fingerprint density at radius 1 is 1.32 bits per heavy atom. The van der Waals surface area contributed by atoms with Gasteiger partial charge in [-0.15, -0.1) is 0 Å². The van der Waals surface area contributed by atoms with E-state index in [2.05, 4.69) is 16.5 Å². The Bertz CT molecular complexity index is 901. The van der Waals surface area contributed by atoms with Gasteiger partial charge in [-0.05, 0) is 43.5 Å². The summed E-state index contributed by atoms with van der Waals surface area (Å²) in [4.78, 5) is 11.8. The van der Waals surface area contributed by atoms with Crippen molar-refractivity contribution >= 4 is 17.4 Å². The van der Waals surface area contributed by atoms with Crippen LogP contribution >= 0.6 is 0 Å². The van der Waals surface area contributed by atoms with Crippen LogP contribution in [0.25, 0.3) is 0 Å². The van der Waals surface area contributed by atoms with E-state index in [1.54, 1.807) is 0 Å². The van der Waals surface area contributed by atoms with Gasteiger partial charge >= 0.3 is 6.18 Å². The first kappa shape index (κ1) is 19.7. The average molecular weight is 393 g/mol. The maximum absolute atomic E-state index is 12.7. The lowest BCUT2D eigenvalue weighted by Crippen LogP contribution is -2.29. The molecule has 1 aromatic carbocycles. The third-order valence-electron chi connectivity index (χ3n) is 4.76. The van der Waals surface area contributed by atoms with Gasteiger partial charge in [-0.3, -0.25) is 9.48 Å². The number of aliphatic hydroxyl groups excluding tert-OH is 1. The van der Waals surface area contributed by atoms with Crippen LogP contribution in [-0.4, -0.2) is 26.9 Å². The molecule has 7 nitrogen and oxygen atoms in total. The summed E-state index contributed by atoms with van der Waals surface area (Å²) >= 11 is 0. The Balaban J connectivity index is 1.87. The number of amides is 1. The Morgan fingerprint density at radius 3 is 2.57 bits per heavy atom. The first-order valence-corrected chi connectivity index (χ1v) is 8.60. The zero-order valence-electron chi connectivity index (χ0n) is 14.6. The SMILES string of the molecule is N#C[C@H]1C[C@@H](O)CC[C@@H]1n1cc(C(N)=O)c(Nc2ccc(C(F)(F)F)cc2)n1. The number of carbonyl (C=O) groups excluding carboxylic acids is 1. The van der Waals surface area contributed by atoms with Crippen LogP contribution in [0.5, 0.6) is 0 Å². The highest BCUT2D eigenvalue weighted by atomic mass is 19.4. The largest absolute Gasteiger partial charge is 0.416 e. The maximum Gasteiger partial charge on any atom is 0.416 e. The number of benzene rings is 1. The van der Waals surface area contributed by atoms with E-state index in [4.69, 9.17) is 5.73 Å². The number of anilines is 2. The predicted molar refractivity (Wildman–Crippen MR) is 93.5 cm³/mol. The summed E-state index contributed by atoms with van der Waals surface area (Å²) in [5.41, 5.74) is 4.96. The molecule has 3 rings (SSSR count). The Kier molecular flexibility index (Phi) is 5.29. The van der Waals surface area contributed by atoms with Crippen molar-refractivity contribution in [1.82, 2.24) is 9.78 Å². The third-order valence-corrected chi connectivity index (χ3v) is 4.76. The van der Waals surface area contributed by atoms with Crippen molar-refractivity contribution in [3.05, 3.63) is 41.6 Å². The fraction of sp³-hybridized carbons (Fsp3) is 0.389. The van der Waals surface area contributed by atoms with Crippen LogP contribution in [0.1, 0.15) is 41.2 Å². The number of hydrogen-bond donors (Lipinski definition) is 3. The number of nitrogens with one attached hydrogen (secondary N) is 1. The lowest BCUT2D eigenvalue weighted by atomic mass is 9.84. The minimum atomic E-state index is -4.45. The van der Waals surface area contributed by atoms with Gasteiger partial charge in [-0.1, -0.05) is 0 Å². The predicted octanol–water partition coefficient (Wildman–Crippen LogP) is 2.97. The van der Waals surface area contributed by atoms with Crippen LogP contribution in [0, 0.1) is 17.2 Å². The highest BCUT2D eigenvalue weighted by Crippen LogP contribution is 2.35. The zero-order chi connectivity index (χ0) is 20.5. The van der Waals surface area contributed by atoms with Crippen molar-refractivity contribution in [3.8, 4) is 6.07 Å². The molecule has 0 aliphatic heterocycles. The second-order valence-corrected chi connectivity index (χ2v) is 6.71. The Hall–Kier alpha value is -3.06. The van der Waals surface area contributed by atoms with E-state index in [1.165, 1.54) is 23.0 Å². The quantitative estimate of drug-likeness (QED) is 0.738. The minimum absolute atomic E-state index is 0.0581. The summed E-state index contributed by atoms with van der Waals surface area (Å²) in [6.07, 6.45) is -2.29. The van der Waals surface area contributed by atoms with Crippen LogP contribution in [0.3, 0.4) is 0 Å². The van der Waals surface area contributed by atoms with Crippen LogP contribution in [0.15, 0.2) is 30.5 Å². The highest BCUT2D eigenvalue weighted by molar-refractivity contribution is 5.98. The van der Waals surface area contributed by atoms with E-state index in [9.17, 15) is 28.3 Å². The molecule has 1 aliphatic rings. The normalized spacial score (nSPS) is 22.5. The molecule has 2 aromatic rings. The number of nitrogens with two attached hydrogens (primary N) is 1. The molecule has 1 fully saturated rings. The third kappa shape index (κ3) is 4.09. The molecule has 1 heterocycles. The highest BCUT2D eigenvalue weighted by Gasteiger charge is 2.33. The molecule has 1 saturated carbocycles. The number of nitriles is 1. The smallest absolute Gasteiger partial charge is 0.393 e. The van der Waals surface area contributed by atoms with Crippen LogP contribution in [0.2, 0.25) is 0 Å². The van der Waals surface area contributed by atoms with E-state index in [1.807, 2.05) is 0 Å². The molecule has 0 unspecified atom stereocenters. The molecule has 1 aliphatic carbocycles. The second-order valence-electron chi connectivity index (χ2n) is 6.71. The fourth-order valence-corrected chi connectivity index (χ4v) is 3.30. The number of halogens is 3. The van der Waals surface area contributed by atoms with Crippen molar-refractivity contribution in [2.24, 2.45) is 11.7 Å². The standard InChI is InChI=1S/C18H18F3N5O2/c19-18(20,21)11-1-3-12(4-2-11)24-17-14(16(23)28)9-26(25-17)15-6-5-13(27)7-10(15)8-22/h1-4,9-10,13,15,27H,5-7H2,(H2,23,28)(H,24,25)/t10-,13+,15+/m1/s1. The summed E-state index contributed by atoms with van der Waals surface area (Å²) in [6.45, 7) is 0. The van der Waals surface area contributed by atoms with Crippen molar-refractivity contribution in [2.45, 2.75) is 37.6 Å². The molecule has 4 N–H and O–H groups in total. The number of alkyl halides is 3. The van der Waals surface area contributed by atoms with Gasteiger partial charge in [0.05, 0.1) is 29.7 Å². The van der Waals surface area contributed by atoms with Gasteiger partial charge in [0.15, 0.2) is 5.82 Å². The number of aromatic nitrogens is 2. The molecule has 0 radical (unpaired) electrons. The number of rotatable bonds is 4.